The Labute approximate surface area is 175 Å². The lowest BCUT2D eigenvalue weighted by Gasteiger charge is -2.31. The molecule has 1 aliphatic heterocycles. The molecule has 150 valence electrons. The van der Waals surface area contributed by atoms with E-state index < -0.39 is 0 Å². The van der Waals surface area contributed by atoms with E-state index in [1.807, 2.05) is 31.2 Å². The van der Waals surface area contributed by atoms with Crippen molar-refractivity contribution in [3.63, 3.8) is 0 Å². The van der Waals surface area contributed by atoms with Crippen LogP contribution in [0.15, 0.2) is 48.5 Å². The quantitative estimate of drug-likeness (QED) is 0.569. The molecule has 4 N–H and O–H groups in total. The highest BCUT2D eigenvalue weighted by molar-refractivity contribution is 6.33. The van der Waals surface area contributed by atoms with Crippen LogP contribution in [0, 0.1) is 11.8 Å². The van der Waals surface area contributed by atoms with Gasteiger partial charge in [-0.3, -0.25) is 4.79 Å². The van der Waals surface area contributed by atoms with Gasteiger partial charge in [-0.25, -0.2) is 4.79 Å². The number of carbonyl (C=O) groups is 2. The minimum atomic E-state index is -0.344. The molecule has 28 heavy (non-hydrogen) atoms. The number of amides is 3. The standard InChI is InChI=1S/C20H23ClN4O2.ClH/c1-13(15-11-22-12-15)19(26)24-16-6-4-5-14(9-16)10-23-20(27)25-18-8-3-2-7-17(18)21;/h2-9,13,15,22H,10-12H2,1H3,(H,24,26)(H2,23,25,27);1H. The van der Waals surface area contributed by atoms with E-state index in [1.54, 1.807) is 24.3 Å². The van der Waals surface area contributed by atoms with Crippen molar-refractivity contribution in [2.24, 2.45) is 11.8 Å². The Kier molecular flexibility index (Phi) is 8.11. The molecule has 3 amide bonds. The van der Waals surface area contributed by atoms with Gasteiger partial charge in [-0.15, -0.1) is 12.4 Å². The Hall–Kier alpha value is -2.28. The van der Waals surface area contributed by atoms with Crippen molar-refractivity contribution in [1.82, 2.24) is 10.6 Å². The summed E-state index contributed by atoms with van der Waals surface area (Å²) in [6.07, 6.45) is 0. The van der Waals surface area contributed by atoms with Crippen LogP contribution in [0.3, 0.4) is 0 Å². The summed E-state index contributed by atoms with van der Waals surface area (Å²) in [5.41, 5.74) is 2.17. The van der Waals surface area contributed by atoms with E-state index in [0.717, 1.165) is 24.3 Å². The van der Waals surface area contributed by atoms with Crippen LogP contribution in [0.1, 0.15) is 12.5 Å². The second-order valence-electron chi connectivity index (χ2n) is 6.68. The lowest BCUT2D eigenvalue weighted by atomic mass is 9.88. The van der Waals surface area contributed by atoms with Gasteiger partial charge < -0.3 is 21.3 Å². The van der Waals surface area contributed by atoms with Crippen LogP contribution in [0.2, 0.25) is 5.02 Å². The molecule has 1 fully saturated rings. The van der Waals surface area contributed by atoms with Crippen LogP contribution >= 0.6 is 24.0 Å². The molecule has 0 radical (unpaired) electrons. The smallest absolute Gasteiger partial charge is 0.319 e. The maximum Gasteiger partial charge on any atom is 0.319 e. The molecule has 2 aromatic rings. The van der Waals surface area contributed by atoms with E-state index in [-0.39, 0.29) is 30.3 Å². The van der Waals surface area contributed by atoms with Crippen molar-refractivity contribution in [3.8, 4) is 0 Å². The molecule has 0 aromatic heterocycles. The highest BCUT2D eigenvalue weighted by Crippen LogP contribution is 2.21. The predicted molar refractivity (Wildman–Crippen MR) is 115 cm³/mol. The normalized spacial score (nSPS) is 14.2. The number of hydrogen-bond donors (Lipinski definition) is 4. The number of benzene rings is 2. The van der Waals surface area contributed by atoms with E-state index in [2.05, 4.69) is 21.3 Å². The summed E-state index contributed by atoms with van der Waals surface area (Å²) in [6.45, 7) is 4.06. The number of para-hydroxylation sites is 1. The molecule has 1 aliphatic rings. The first-order chi connectivity index (χ1) is 13.0. The second kappa shape index (κ2) is 10.3. The third-order valence-electron chi connectivity index (χ3n) is 4.70. The predicted octanol–water partition coefficient (Wildman–Crippen LogP) is 3.88. The number of rotatable bonds is 6. The fourth-order valence-corrected chi connectivity index (χ4v) is 2.99. The third-order valence-corrected chi connectivity index (χ3v) is 5.03. The van der Waals surface area contributed by atoms with Gasteiger partial charge >= 0.3 is 6.03 Å². The summed E-state index contributed by atoms with van der Waals surface area (Å²) in [6, 6.07) is 14.2. The molecule has 0 aliphatic carbocycles. The number of urea groups is 1. The number of carbonyl (C=O) groups excluding carboxylic acids is 2. The van der Waals surface area contributed by atoms with Crippen molar-refractivity contribution >= 4 is 47.3 Å². The maximum atomic E-state index is 12.3. The lowest BCUT2D eigenvalue weighted by molar-refractivity contribution is -0.121. The molecule has 0 spiro atoms. The number of hydrogen-bond acceptors (Lipinski definition) is 3. The molecule has 0 saturated carbocycles. The summed E-state index contributed by atoms with van der Waals surface area (Å²) < 4.78 is 0. The Bertz CT molecular complexity index is 827. The molecule has 0 bridgehead atoms. The zero-order chi connectivity index (χ0) is 19.2. The van der Waals surface area contributed by atoms with E-state index in [9.17, 15) is 9.59 Å². The second-order valence-corrected chi connectivity index (χ2v) is 7.09. The van der Waals surface area contributed by atoms with E-state index in [1.165, 1.54) is 0 Å². The van der Waals surface area contributed by atoms with Crippen LogP contribution in [-0.4, -0.2) is 25.0 Å². The zero-order valence-corrected chi connectivity index (χ0v) is 17.1. The van der Waals surface area contributed by atoms with Crippen LogP contribution < -0.4 is 21.3 Å². The van der Waals surface area contributed by atoms with E-state index >= 15 is 0 Å². The molecule has 1 atom stereocenters. The van der Waals surface area contributed by atoms with Gasteiger partial charge in [0.15, 0.2) is 0 Å². The minimum Gasteiger partial charge on any atom is -0.334 e. The summed E-state index contributed by atoms with van der Waals surface area (Å²) >= 11 is 6.03. The first-order valence-electron chi connectivity index (χ1n) is 8.93. The van der Waals surface area contributed by atoms with Gasteiger partial charge in [-0.1, -0.05) is 42.8 Å². The van der Waals surface area contributed by atoms with Gasteiger partial charge in [0.1, 0.15) is 0 Å². The van der Waals surface area contributed by atoms with Crippen molar-refractivity contribution in [2.45, 2.75) is 13.5 Å². The van der Waals surface area contributed by atoms with Gasteiger partial charge in [0.25, 0.3) is 0 Å². The van der Waals surface area contributed by atoms with E-state index in [0.29, 0.717) is 23.2 Å². The number of halogens is 2. The fraction of sp³-hybridized carbons (Fsp3) is 0.300. The minimum absolute atomic E-state index is 0. The van der Waals surface area contributed by atoms with Crippen molar-refractivity contribution in [1.29, 1.82) is 0 Å². The van der Waals surface area contributed by atoms with Crippen molar-refractivity contribution < 1.29 is 9.59 Å². The van der Waals surface area contributed by atoms with Gasteiger partial charge in [0.05, 0.1) is 10.7 Å². The first-order valence-corrected chi connectivity index (χ1v) is 9.30. The van der Waals surface area contributed by atoms with Gasteiger partial charge in [-0.2, -0.15) is 0 Å². The van der Waals surface area contributed by atoms with E-state index in [4.69, 9.17) is 11.6 Å². The highest BCUT2D eigenvalue weighted by Gasteiger charge is 2.28. The molecular formula is C20H24Cl2N4O2. The SMILES string of the molecule is CC(C(=O)Nc1cccc(CNC(=O)Nc2ccccc2Cl)c1)C1CNC1.Cl. The Morgan fingerprint density at radius 3 is 2.57 bits per heavy atom. The summed E-state index contributed by atoms with van der Waals surface area (Å²) in [7, 11) is 0. The topological polar surface area (TPSA) is 82.3 Å². The Morgan fingerprint density at radius 2 is 1.89 bits per heavy atom. The summed E-state index contributed by atoms with van der Waals surface area (Å²) in [4.78, 5) is 24.4. The fourth-order valence-electron chi connectivity index (χ4n) is 2.81. The molecule has 3 rings (SSSR count). The number of anilines is 2. The van der Waals surface area contributed by atoms with Gasteiger partial charge in [0, 0.05) is 18.2 Å². The monoisotopic (exact) mass is 422 g/mol. The van der Waals surface area contributed by atoms with Crippen LogP contribution in [0.25, 0.3) is 0 Å². The van der Waals surface area contributed by atoms with Crippen LogP contribution in [0.4, 0.5) is 16.2 Å². The molecule has 6 nitrogen and oxygen atoms in total. The Morgan fingerprint density at radius 1 is 1.14 bits per heavy atom. The average Bonchev–Trinajstić information content (AvgIpc) is 2.61. The summed E-state index contributed by atoms with van der Waals surface area (Å²) in [5, 5.41) is 12.1. The van der Waals surface area contributed by atoms with Crippen LogP contribution in [0.5, 0.6) is 0 Å². The number of nitrogens with one attached hydrogen (secondary N) is 4. The van der Waals surface area contributed by atoms with Crippen molar-refractivity contribution in [3.05, 3.63) is 59.1 Å². The van der Waals surface area contributed by atoms with Gasteiger partial charge in [0.2, 0.25) is 5.91 Å². The molecule has 8 heteroatoms. The maximum absolute atomic E-state index is 12.3. The average molecular weight is 423 g/mol. The molecule has 1 saturated heterocycles. The van der Waals surface area contributed by atoms with Crippen molar-refractivity contribution in [2.75, 3.05) is 23.7 Å². The van der Waals surface area contributed by atoms with Gasteiger partial charge in [-0.05, 0) is 48.8 Å². The summed E-state index contributed by atoms with van der Waals surface area (Å²) in [5.74, 6) is 0.376. The molecule has 1 heterocycles. The highest BCUT2D eigenvalue weighted by atomic mass is 35.5. The molecule has 1 unspecified atom stereocenters. The first kappa shape index (κ1) is 22.0. The lowest BCUT2D eigenvalue weighted by Crippen LogP contribution is -2.48. The zero-order valence-electron chi connectivity index (χ0n) is 15.5. The van der Waals surface area contributed by atoms with Crippen LogP contribution in [-0.2, 0) is 11.3 Å². The largest absolute Gasteiger partial charge is 0.334 e. The third kappa shape index (κ3) is 5.86. The molecule has 2 aromatic carbocycles. The molecular weight excluding hydrogens is 399 g/mol. The Balaban J connectivity index is 0.00000280.